The Morgan fingerprint density at radius 2 is 1.85 bits per heavy atom. The molecule has 0 radical (unpaired) electrons. The lowest BCUT2D eigenvalue weighted by Crippen LogP contribution is -2.45. The molecule has 1 atom stereocenters. The number of anilines is 1. The Kier molecular flexibility index (Phi) is 6.06. The second-order valence-corrected chi connectivity index (χ2v) is 5.70. The number of benzene rings is 2. The van der Waals surface area contributed by atoms with Gasteiger partial charge in [-0.15, -0.1) is 0 Å². The third-order valence-electron chi connectivity index (χ3n) is 3.61. The Hall–Kier alpha value is -3.66. The van der Waals surface area contributed by atoms with Gasteiger partial charge in [-0.2, -0.15) is 5.26 Å². The minimum absolute atomic E-state index is 0.181. The lowest BCUT2D eigenvalue weighted by atomic mass is 10.0. The van der Waals surface area contributed by atoms with Gasteiger partial charge < -0.3 is 16.4 Å². The molecule has 0 heterocycles. The normalized spacial score (nSPS) is 11.1. The van der Waals surface area contributed by atoms with E-state index in [1.807, 2.05) is 6.07 Å². The van der Waals surface area contributed by atoms with Crippen LogP contribution in [-0.4, -0.2) is 23.8 Å². The average molecular weight is 350 g/mol. The maximum atomic E-state index is 12.3. The van der Waals surface area contributed by atoms with E-state index in [1.165, 1.54) is 19.1 Å². The van der Waals surface area contributed by atoms with Gasteiger partial charge in [-0.05, 0) is 42.0 Å². The quantitative estimate of drug-likeness (QED) is 0.727. The van der Waals surface area contributed by atoms with Crippen LogP contribution in [-0.2, 0) is 16.0 Å². The number of carbonyl (C=O) groups excluding carboxylic acids is 3. The van der Waals surface area contributed by atoms with Crippen molar-refractivity contribution < 1.29 is 14.4 Å². The fourth-order valence-corrected chi connectivity index (χ4v) is 2.38. The third-order valence-corrected chi connectivity index (χ3v) is 3.61. The van der Waals surface area contributed by atoms with Crippen molar-refractivity contribution in [3.05, 3.63) is 65.2 Å². The number of hydrogen-bond donors (Lipinski definition) is 3. The van der Waals surface area contributed by atoms with Gasteiger partial charge in [0.15, 0.2) is 0 Å². The Labute approximate surface area is 150 Å². The first-order valence-corrected chi connectivity index (χ1v) is 7.86. The van der Waals surface area contributed by atoms with Crippen molar-refractivity contribution in [2.75, 3.05) is 5.32 Å². The van der Waals surface area contributed by atoms with E-state index in [9.17, 15) is 14.4 Å². The highest BCUT2D eigenvalue weighted by atomic mass is 16.2. The highest BCUT2D eigenvalue weighted by molar-refractivity contribution is 5.98. The molecule has 2 aromatic rings. The van der Waals surface area contributed by atoms with E-state index < -0.39 is 17.9 Å². The molecular formula is C19H18N4O3. The molecule has 0 aromatic heterocycles. The monoisotopic (exact) mass is 350 g/mol. The largest absolute Gasteiger partial charge is 0.368 e. The number of nitrogens with zero attached hydrogens (tertiary/aromatic N) is 1. The van der Waals surface area contributed by atoms with Crippen LogP contribution in [0.5, 0.6) is 0 Å². The predicted molar refractivity (Wildman–Crippen MR) is 96.1 cm³/mol. The Morgan fingerprint density at radius 1 is 1.15 bits per heavy atom. The molecule has 7 nitrogen and oxygen atoms in total. The maximum Gasteiger partial charge on any atom is 0.251 e. The second kappa shape index (κ2) is 8.44. The molecule has 0 saturated heterocycles. The molecule has 2 rings (SSSR count). The summed E-state index contributed by atoms with van der Waals surface area (Å²) >= 11 is 0. The lowest BCUT2D eigenvalue weighted by molar-refractivity contribution is -0.119. The molecule has 0 aliphatic heterocycles. The molecule has 0 bridgehead atoms. The van der Waals surface area contributed by atoms with Crippen LogP contribution in [0.15, 0.2) is 48.5 Å². The van der Waals surface area contributed by atoms with Crippen LogP contribution in [0, 0.1) is 11.3 Å². The Morgan fingerprint density at radius 3 is 2.42 bits per heavy atom. The summed E-state index contributed by atoms with van der Waals surface area (Å²) in [4.78, 5) is 35.1. The van der Waals surface area contributed by atoms with Gasteiger partial charge in [0.25, 0.3) is 5.91 Å². The van der Waals surface area contributed by atoms with Crippen molar-refractivity contribution in [2.24, 2.45) is 5.73 Å². The number of primary amides is 1. The van der Waals surface area contributed by atoms with E-state index in [-0.39, 0.29) is 12.3 Å². The van der Waals surface area contributed by atoms with Gasteiger partial charge in [-0.1, -0.05) is 12.1 Å². The summed E-state index contributed by atoms with van der Waals surface area (Å²) in [7, 11) is 0. The van der Waals surface area contributed by atoms with Crippen LogP contribution in [0.2, 0.25) is 0 Å². The molecule has 0 aliphatic rings. The zero-order valence-corrected chi connectivity index (χ0v) is 14.2. The molecule has 26 heavy (non-hydrogen) atoms. The van der Waals surface area contributed by atoms with Crippen molar-refractivity contribution in [1.29, 1.82) is 5.26 Å². The van der Waals surface area contributed by atoms with Crippen LogP contribution in [0.4, 0.5) is 5.69 Å². The SMILES string of the molecule is CC(=O)Nc1ccc(C(=O)N[C@H](Cc2cccc(C#N)c2)C(N)=O)cc1. The molecule has 132 valence electrons. The molecule has 0 fully saturated rings. The third kappa shape index (κ3) is 5.18. The number of carbonyl (C=O) groups is 3. The van der Waals surface area contributed by atoms with Crippen LogP contribution in [0.1, 0.15) is 28.4 Å². The lowest BCUT2D eigenvalue weighted by Gasteiger charge is -2.16. The van der Waals surface area contributed by atoms with E-state index >= 15 is 0 Å². The number of hydrogen-bond acceptors (Lipinski definition) is 4. The number of nitriles is 1. The molecule has 0 unspecified atom stereocenters. The van der Waals surface area contributed by atoms with Crippen LogP contribution in [0.3, 0.4) is 0 Å². The summed E-state index contributed by atoms with van der Waals surface area (Å²) in [5.41, 5.74) is 7.47. The fourth-order valence-electron chi connectivity index (χ4n) is 2.38. The summed E-state index contributed by atoms with van der Waals surface area (Å²) in [6.45, 7) is 1.39. The second-order valence-electron chi connectivity index (χ2n) is 5.70. The van der Waals surface area contributed by atoms with Gasteiger partial charge in [0, 0.05) is 24.6 Å². The highest BCUT2D eigenvalue weighted by Gasteiger charge is 2.19. The molecule has 2 aromatic carbocycles. The number of rotatable bonds is 6. The molecule has 0 saturated carbocycles. The molecule has 7 heteroatoms. The molecule has 4 N–H and O–H groups in total. The summed E-state index contributed by atoms with van der Waals surface area (Å²) in [6.07, 6.45) is 0.181. The minimum Gasteiger partial charge on any atom is -0.368 e. The van der Waals surface area contributed by atoms with Crippen LogP contribution in [0.25, 0.3) is 0 Å². The van der Waals surface area contributed by atoms with E-state index in [0.717, 1.165) is 0 Å². The maximum absolute atomic E-state index is 12.3. The summed E-state index contributed by atoms with van der Waals surface area (Å²) in [5, 5.41) is 14.1. The van der Waals surface area contributed by atoms with Gasteiger partial charge in [0.2, 0.25) is 11.8 Å². The average Bonchev–Trinajstić information content (AvgIpc) is 2.61. The topological polar surface area (TPSA) is 125 Å². The van der Waals surface area contributed by atoms with Crippen molar-refractivity contribution in [2.45, 2.75) is 19.4 Å². The van der Waals surface area contributed by atoms with Crippen molar-refractivity contribution in [3.8, 4) is 6.07 Å². The number of amides is 3. The predicted octanol–water partition coefficient (Wildman–Crippen LogP) is 1.34. The Bertz CT molecular complexity index is 869. The number of nitrogens with two attached hydrogens (primary N) is 1. The Balaban J connectivity index is 2.09. The van der Waals surface area contributed by atoms with E-state index in [1.54, 1.807) is 36.4 Å². The van der Waals surface area contributed by atoms with Gasteiger partial charge in [-0.25, -0.2) is 0 Å². The van der Waals surface area contributed by atoms with Crippen LogP contribution >= 0.6 is 0 Å². The van der Waals surface area contributed by atoms with Crippen molar-refractivity contribution in [1.82, 2.24) is 5.32 Å². The number of nitrogens with one attached hydrogen (secondary N) is 2. The molecule has 0 spiro atoms. The van der Waals surface area contributed by atoms with Gasteiger partial charge in [0.05, 0.1) is 11.6 Å². The minimum atomic E-state index is -0.911. The van der Waals surface area contributed by atoms with Gasteiger partial charge in [0.1, 0.15) is 6.04 Å². The first-order chi connectivity index (χ1) is 12.4. The standard InChI is InChI=1S/C19H18N4O3/c1-12(24)22-16-7-5-15(6-8-16)19(26)23-17(18(21)25)10-13-3-2-4-14(9-13)11-20/h2-9,17H,10H2,1H3,(H2,21,25)(H,22,24)(H,23,26)/t17-/m1/s1. The molecular weight excluding hydrogens is 332 g/mol. The van der Waals surface area contributed by atoms with Crippen molar-refractivity contribution in [3.63, 3.8) is 0 Å². The van der Waals surface area contributed by atoms with Gasteiger partial charge in [-0.3, -0.25) is 14.4 Å². The first kappa shape index (κ1) is 18.7. The zero-order valence-electron chi connectivity index (χ0n) is 14.2. The van der Waals surface area contributed by atoms with Crippen LogP contribution < -0.4 is 16.4 Å². The van der Waals surface area contributed by atoms with E-state index in [4.69, 9.17) is 11.0 Å². The fraction of sp³-hybridized carbons (Fsp3) is 0.158. The smallest absolute Gasteiger partial charge is 0.251 e. The van der Waals surface area contributed by atoms with E-state index in [0.29, 0.717) is 22.4 Å². The summed E-state index contributed by atoms with van der Waals surface area (Å²) in [6, 6.07) is 14.1. The van der Waals surface area contributed by atoms with E-state index in [2.05, 4.69) is 10.6 Å². The summed E-state index contributed by atoms with van der Waals surface area (Å²) < 4.78 is 0. The summed E-state index contributed by atoms with van der Waals surface area (Å²) in [5.74, 6) is -1.34. The zero-order chi connectivity index (χ0) is 19.1. The van der Waals surface area contributed by atoms with Crippen molar-refractivity contribution >= 4 is 23.4 Å². The molecule has 0 aliphatic carbocycles. The highest BCUT2D eigenvalue weighted by Crippen LogP contribution is 2.11. The first-order valence-electron chi connectivity index (χ1n) is 7.86. The van der Waals surface area contributed by atoms with Gasteiger partial charge >= 0.3 is 0 Å². The molecule has 3 amide bonds.